The van der Waals surface area contributed by atoms with E-state index < -0.39 is 10.0 Å². The molecule has 0 amide bonds. The molecule has 2 heterocycles. The summed E-state index contributed by atoms with van der Waals surface area (Å²) < 4.78 is 36.6. The van der Waals surface area contributed by atoms with Crippen molar-refractivity contribution in [2.75, 3.05) is 13.1 Å². The van der Waals surface area contributed by atoms with Crippen LogP contribution in [0, 0.1) is 0 Å². The Kier molecular flexibility index (Phi) is 7.71. The average Bonchev–Trinajstić information content (AvgIpc) is 3.30. The summed E-state index contributed by atoms with van der Waals surface area (Å²) in [6.07, 6.45) is 0.565. The lowest BCUT2D eigenvalue weighted by Gasteiger charge is -2.34. The van der Waals surface area contributed by atoms with Crippen molar-refractivity contribution in [2.45, 2.75) is 43.9 Å². The lowest BCUT2D eigenvalue weighted by Crippen LogP contribution is -2.48. The van der Waals surface area contributed by atoms with Crippen LogP contribution in [0.5, 0.6) is 0 Å². The smallest absolute Gasteiger partial charge is 0.243 e. The Bertz CT molecular complexity index is 1500. The molecule has 2 atom stereocenters. The van der Waals surface area contributed by atoms with Crippen molar-refractivity contribution in [1.82, 2.24) is 8.87 Å². The van der Waals surface area contributed by atoms with E-state index in [1.165, 1.54) is 9.87 Å². The zero-order valence-corrected chi connectivity index (χ0v) is 22.7. The van der Waals surface area contributed by atoms with Gasteiger partial charge in [-0.15, -0.1) is 11.3 Å². The second-order valence-corrected chi connectivity index (χ2v) is 12.1. The first-order valence-electron chi connectivity index (χ1n) is 12.5. The van der Waals surface area contributed by atoms with Crippen molar-refractivity contribution in [3.63, 3.8) is 0 Å². The third kappa shape index (κ3) is 5.93. The summed E-state index contributed by atoms with van der Waals surface area (Å²) in [5.74, 6) is 0. The molecule has 0 saturated carbocycles. The molecule has 0 bridgehead atoms. The molecular weight excluding hydrogens is 502 g/mol. The summed E-state index contributed by atoms with van der Waals surface area (Å²) in [6.45, 7) is 5.25. The maximum absolute atomic E-state index is 13.6. The number of hydrogen-bond donors (Lipinski definition) is 0. The Labute approximate surface area is 222 Å². The van der Waals surface area contributed by atoms with Gasteiger partial charge < -0.3 is 9.30 Å². The molecule has 3 aromatic carbocycles. The van der Waals surface area contributed by atoms with Gasteiger partial charge in [-0.05, 0) is 50.1 Å². The van der Waals surface area contributed by atoms with Gasteiger partial charge in [0, 0.05) is 30.6 Å². The van der Waals surface area contributed by atoms with Crippen LogP contribution in [0.15, 0.2) is 100 Å². The number of aromatic nitrogens is 1. The average molecular weight is 534 g/mol. The van der Waals surface area contributed by atoms with Crippen LogP contribution in [0.25, 0.3) is 11.3 Å². The van der Waals surface area contributed by atoms with E-state index in [4.69, 9.17) is 9.73 Å². The fourth-order valence-electron chi connectivity index (χ4n) is 4.66. The molecule has 0 spiro atoms. The van der Waals surface area contributed by atoms with Gasteiger partial charge in [0.15, 0.2) is 4.80 Å². The molecule has 1 saturated heterocycles. The standard InChI is InChI=1S/C29H31N3O3S2/c1-22-19-31(20-23(2)35-22)37(33,34)27-15-9-12-25(18-27)28-21-36-29(30-26-13-7-4-8-14-26)32(28)17-16-24-10-5-3-6-11-24/h3-15,18,21-23H,16-17,19-20H2,1-2H3/t22-,23-/m0/s1. The number of nitrogens with zero attached hydrogens (tertiary/aromatic N) is 3. The molecular formula is C29H31N3O3S2. The van der Waals surface area contributed by atoms with Gasteiger partial charge in [0.05, 0.1) is 28.5 Å². The highest BCUT2D eigenvalue weighted by molar-refractivity contribution is 7.89. The summed E-state index contributed by atoms with van der Waals surface area (Å²) in [7, 11) is -3.64. The van der Waals surface area contributed by atoms with Gasteiger partial charge in [0.1, 0.15) is 0 Å². The van der Waals surface area contributed by atoms with Gasteiger partial charge in [0.25, 0.3) is 0 Å². The molecule has 192 valence electrons. The van der Waals surface area contributed by atoms with Gasteiger partial charge in [-0.2, -0.15) is 4.31 Å². The number of aryl methyl sites for hydroxylation is 1. The summed E-state index contributed by atoms with van der Waals surface area (Å²) in [6, 6.07) is 27.5. The molecule has 1 aliphatic rings. The van der Waals surface area contributed by atoms with E-state index in [-0.39, 0.29) is 12.2 Å². The fourth-order valence-corrected chi connectivity index (χ4v) is 7.25. The van der Waals surface area contributed by atoms with Crippen LogP contribution in [-0.2, 0) is 27.7 Å². The largest absolute Gasteiger partial charge is 0.373 e. The minimum absolute atomic E-state index is 0.138. The fraction of sp³-hybridized carbons (Fsp3) is 0.276. The Morgan fingerprint density at radius 2 is 1.59 bits per heavy atom. The zero-order valence-electron chi connectivity index (χ0n) is 21.0. The maximum atomic E-state index is 13.6. The number of sulfonamides is 1. The number of rotatable bonds is 7. The quantitative estimate of drug-likeness (QED) is 0.316. The van der Waals surface area contributed by atoms with E-state index in [1.807, 2.05) is 74.5 Å². The van der Waals surface area contributed by atoms with E-state index in [0.717, 1.165) is 34.7 Å². The maximum Gasteiger partial charge on any atom is 0.243 e. The Morgan fingerprint density at radius 1 is 0.919 bits per heavy atom. The lowest BCUT2D eigenvalue weighted by molar-refractivity contribution is -0.0440. The molecule has 1 fully saturated rings. The van der Waals surface area contributed by atoms with Crippen molar-refractivity contribution < 1.29 is 13.2 Å². The highest BCUT2D eigenvalue weighted by Gasteiger charge is 2.32. The zero-order chi connectivity index (χ0) is 25.8. The highest BCUT2D eigenvalue weighted by Crippen LogP contribution is 2.27. The first-order chi connectivity index (χ1) is 17.9. The second kappa shape index (κ2) is 11.1. The molecule has 4 aromatic rings. The highest BCUT2D eigenvalue weighted by atomic mass is 32.2. The Hall–Kier alpha value is -3.04. The van der Waals surface area contributed by atoms with Crippen LogP contribution in [-0.4, -0.2) is 42.6 Å². The number of hydrogen-bond acceptors (Lipinski definition) is 5. The van der Waals surface area contributed by atoms with E-state index in [1.54, 1.807) is 23.5 Å². The molecule has 0 aliphatic carbocycles. The van der Waals surface area contributed by atoms with Crippen LogP contribution in [0.1, 0.15) is 19.4 Å². The van der Waals surface area contributed by atoms with Crippen molar-refractivity contribution in [1.29, 1.82) is 0 Å². The van der Waals surface area contributed by atoms with Crippen LogP contribution in [0.3, 0.4) is 0 Å². The van der Waals surface area contributed by atoms with Gasteiger partial charge in [-0.3, -0.25) is 0 Å². The van der Waals surface area contributed by atoms with Crippen LogP contribution in [0.4, 0.5) is 5.69 Å². The molecule has 5 rings (SSSR count). The summed E-state index contributed by atoms with van der Waals surface area (Å²) in [5.41, 5.74) is 3.94. The molecule has 37 heavy (non-hydrogen) atoms. The van der Waals surface area contributed by atoms with Crippen molar-refractivity contribution >= 4 is 27.0 Å². The molecule has 8 heteroatoms. The Balaban J connectivity index is 1.53. The van der Waals surface area contributed by atoms with Gasteiger partial charge >= 0.3 is 0 Å². The molecule has 0 unspecified atom stereocenters. The lowest BCUT2D eigenvalue weighted by atomic mass is 10.1. The molecule has 0 N–H and O–H groups in total. The molecule has 6 nitrogen and oxygen atoms in total. The first kappa shape index (κ1) is 25.6. The topological polar surface area (TPSA) is 63.9 Å². The van der Waals surface area contributed by atoms with Gasteiger partial charge in [-0.25, -0.2) is 13.4 Å². The molecule has 0 radical (unpaired) electrons. The van der Waals surface area contributed by atoms with Gasteiger partial charge in [0.2, 0.25) is 10.0 Å². The SMILES string of the molecule is C[C@H]1CN(S(=O)(=O)c2cccc(-c3csc(=Nc4ccccc4)n3CCc3ccccc3)c2)C[C@H](C)O1. The third-order valence-electron chi connectivity index (χ3n) is 6.40. The normalized spacial score (nSPS) is 19.2. The van der Waals surface area contributed by atoms with Crippen molar-refractivity contribution in [3.8, 4) is 11.3 Å². The monoisotopic (exact) mass is 533 g/mol. The minimum Gasteiger partial charge on any atom is -0.373 e. The van der Waals surface area contributed by atoms with E-state index >= 15 is 0 Å². The van der Waals surface area contributed by atoms with Crippen LogP contribution < -0.4 is 4.80 Å². The summed E-state index contributed by atoms with van der Waals surface area (Å²) >= 11 is 1.56. The number of para-hydroxylation sites is 1. The predicted octanol–water partition coefficient (Wildman–Crippen LogP) is 5.49. The Morgan fingerprint density at radius 3 is 2.30 bits per heavy atom. The molecule has 1 aliphatic heterocycles. The molecule has 1 aromatic heterocycles. The van der Waals surface area contributed by atoms with Crippen molar-refractivity contribution in [2.24, 2.45) is 4.99 Å². The second-order valence-electron chi connectivity index (χ2n) is 9.35. The van der Waals surface area contributed by atoms with E-state index in [2.05, 4.69) is 22.1 Å². The summed E-state index contributed by atoms with van der Waals surface area (Å²) in [5, 5.41) is 2.07. The number of benzene rings is 3. The predicted molar refractivity (Wildman–Crippen MR) is 148 cm³/mol. The number of ether oxygens (including phenoxy) is 1. The van der Waals surface area contributed by atoms with Gasteiger partial charge in [-0.1, -0.05) is 60.7 Å². The van der Waals surface area contributed by atoms with E-state index in [0.29, 0.717) is 18.0 Å². The van der Waals surface area contributed by atoms with Crippen molar-refractivity contribution in [3.05, 3.63) is 101 Å². The van der Waals surface area contributed by atoms with E-state index in [9.17, 15) is 8.42 Å². The van der Waals surface area contributed by atoms with Crippen LogP contribution in [0.2, 0.25) is 0 Å². The van der Waals surface area contributed by atoms with Crippen LogP contribution >= 0.6 is 11.3 Å². The number of morpholine rings is 1. The summed E-state index contributed by atoms with van der Waals surface area (Å²) in [4.78, 5) is 6.08. The first-order valence-corrected chi connectivity index (χ1v) is 14.8. The third-order valence-corrected chi connectivity index (χ3v) is 9.09. The number of thiazole rings is 1. The minimum atomic E-state index is -3.64.